The van der Waals surface area contributed by atoms with Crippen LogP contribution in [0.15, 0.2) is 66.9 Å². The Kier molecular flexibility index (Phi) is 6.85. The SMILES string of the molecule is CNc1ccc(-c2cccc(C(=O)N(C)CCCOc3ccccc3C)c2)cn1. The molecule has 3 aromatic rings. The van der Waals surface area contributed by atoms with Crippen molar-refractivity contribution in [2.24, 2.45) is 0 Å². The van der Waals surface area contributed by atoms with E-state index in [1.54, 1.807) is 4.90 Å². The second kappa shape index (κ2) is 9.73. The third-order valence-corrected chi connectivity index (χ3v) is 4.80. The number of rotatable bonds is 8. The topological polar surface area (TPSA) is 54.5 Å². The predicted octanol–water partition coefficient (Wildman–Crippen LogP) is 4.64. The van der Waals surface area contributed by atoms with Crippen molar-refractivity contribution in [3.8, 4) is 16.9 Å². The number of nitrogens with one attached hydrogen (secondary N) is 1. The number of pyridine rings is 1. The number of amides is 1. The maximum absolute atomic E-state index is 12.8. The number of aromatic nitrogens is 1. The molecule has 0 saturated carbocycles. The Hall–Kier alpha value is -3.34. The average molecular weight is 389 g/mol. The first-order valence-electron chi connectivity index (χ1n) is 9.76. The number of carbonyl (C=O) groups excluding carboxylic acids is 1. The van der Waals surface area contributed by atoms with E-state index in [2.05, 4.69) is 10.3 Å². The minimum Gasteiger partial charge on any atom is -0.493 e. The van der Waals surface area contributed by atoms with Crippen LogP contribution in [-0.4, -0.2) is 43.0 Å². The van der Waals surface area contributed by atoms with Gasteiger partial charge in [0.2, 0.25) is 0 Å². The van der Waals surface area contributed by atoms with Crippen LogP contribution >= 0.6 is 0 Å². The molecule has 5 nitrogen and oxygen atoms in total. The number of anilines is 1. The van der Waals surface area contributed by atoms with E-state index < -0.39 is 0 Å². The lowest BCUT2D eigenvalue weighted by Gasteiger charge is -2.18. The monoisotopic (exact) mass is 389 g/mol. The van der Waals surface area contributed by atoms with Crippen molar-refractivity contribution in [2.45, 2.75) is 13.3 Å². The van der Waals surface area contributed by atoms with Gasteiger partial charge in [-0.3, -0.25) is 4.79 Å². The van der Waals surface area contributed by atoms with Crippen LogP contribution in [0.1, 0.15) is 22.3 Å². The number of benzene rings is 2. The molecule has 0 spiro atoms. The van der Waals surface area contributed by atoms with Crippen molar-refractivity contribution in [3.05, 3.63) is 78.0 Å². The van der Waals surface area contributed by atoms with Crippen molar-refractivity contribution >= 4 is 11.7 Å². The van der Waals surface area contributed by atoms with E-state index in [4.69, 9.17) is 4.74 Å². The molecule has 0 unspecified atom stereocenters. The normalized spacial score (nSPS) is 10.4. The largest absolute Gasteiger partial charge is 0.493 e. The zero-order valence-corrected chi connectivity index (χ0v) is 17.2. The molecule has 0 aliphatic heterocycles. The number of carbonyl (C=O) groups is 1. The van der Waals surface area contributed by atoms with E-state index in [0.29, 0.717) is 18.7 Å². The van der Waals surface area contributed by atoms with Gasteiger partial charge in [-0.05, 0) is 54.8 Å². The molecule has 0 bridgehead atoms. The van der Waals surface area contributed by atoms with Gasteiger partial charge in [0.1, 0.15) is 11.6 Å². The Bertz CT molecular complexity index is 954. The van der Waals surface area contributed by atoms with Crippen molar-refractivity contribution in [3.63, 3.8) is 0 Å². The van der Waals surface area contributed by atoms with Gasteiger partial charge in [0.25, 0.3) is 5.91 Å². The van der Waals surface area contributed by atoms with E-state index in [1.165, 1.54) is 0 Å². The maximum atomic E-state index is 12.8. The zero-order chi connectivity index (χ0) is 20.6. The summed E-state index contributed by atoms with van der Waals surface area (Å²) in [4.78, 5) is 18.9. The number of nitrogens with zero attached hydrogens (tertiary/aromatic N) is 2. The first kappa shape index (κ1) is 20.4. The highest BCUT2D eigenvalue weighted by Crippen LogP contribution is 2.21. The van der Waals surface area contributed by atoms with Gasteiger partial charge in [-0.15, -0.1) is 0 Å². The van der Waals surface area contributed by atoms with Gasteiger partial charge in [0, 0.05) is 38.0 Å². The van der Waals surface area contributed by atoms with Crippen molar-refractivity contribution in [1.29, 1.82) is 0 Å². The Labute approximate surface area is 172 Å². The minimum atomic E-state index is 0.00236. The van der Waals surface area contributed by atoms with E-state index in [0.717, 1.165) is 34.7 Å². The standard InChI is InChI=1S/C24H27N3O2/c1-18-8-4-5-11-22(18)29-15-7-14-27(3)24(28)20-10-6-9-19(16-20)21-12-13-23(25-2)26-17-21/h4-6,8-13,16-17H,7,14-15H2,1-3H3,(H,25,26). The van der Waals surface area contributed by atoms with Gasteiger partial charge in [0.05, 0.1) is 6.61 Å². The number of hydrogen-bond acceptors (Lipinski definition) is 4. The van der Waals surface area contributed by atoms with E-state index in [1.807, 2.05) is 87.9 Å². The number of ether oxygens (including phenoxy) is 1. The lowest BCUT2D eigenvalue weighted by atomic mass is 10.0. The highest BCUT2D eigenvalue weighted by molar-refractivity contribution is 5.95. The van der Waals surface area contributed by atoms with Crippen LogP contribution in [0.5, 0.6) is 5.75 Å². The van der Waals surface area contributed by atoms with E-state index >= 15 is 0 Å². The molecule has 0 saturated heterocycles. The van der Waals surface area contributed by atoms with Gasteiger partial charge >= 0.3 is 0 Å². The summed E-state index contributed by atoms with van der Waals surface area (Å²) in [5.41, 5.74) is 3.74. The van der Waals surface area contributed by atoms with Gasteiger partial charge in [-0.1, -0.05) is 30.3 Å². The van der Waals surface area contributed by atoms with Crippen LogP contribution < -0.4 is 10.1 Å². The van der Waals surface area contributed by atoms with E-state index in [9.17, 15) is 4.79 Å². The molecule has 0 aliphatic rings. The summed E-state index contributed by atoms with van der Waals surface area (Å²) in [5, 5.41) is 3.01. The lowest BCUT2D eigenvalue weighted by molar-refractivity contribution is 0.0788. The molecule has 1 aromatic heterocycles. The highest BCUT2D eigenvalue weighted by atomic mass is 16.5. The fourth-order valence-electron chi connectivity index (χ4n) is 3.07. The summed E-state index contributed by atoms with van der Waals surface area (Å²) in [5.74, 6) is 1.71. The molecule has 5 heteroatoms. The Morgan fingerprint density at radius 2 is 1.90 bits per heavy atom. The maximum Gasteiger partial charge on any atom is 0.253 e. The number of para-hydroxylation sites is 1. The predicted molar refractivity (Wildman–Crippen MR) is 117 cm³/mol. The summed E-state index contributed by atoms with van der Waals surface area (Å²) < 4.78 is 5.82. The molecule has 1 N–H and O–H groups in total. The van der Waals surface area contributed by atoms with E-state index in [-0.39, 0.29) is 5.91 Å². The Balaban J connectivity index is 1.57. The molecule has 1 heterocycles. The molecule has 1 amide bonds. The van der Waals surface area contributed by atoms with Crippen LogP contribution in [0.3, 0.4) is 0 Å². The molecular formula is C24H27N3O2. The molecular weight excluding hydrogens is 362 g/mol. The molecule has 29 heavy (non-hydrogen) atoms. The van der Waals surface area contributed by atoms with Gasteiger partial charge < -0.3 is 15.0 Å². The quantitative estimate of drug-likeness (QED) is 0.570. The van der Waals surface area contributed by atoms with Crippen LogP contribution in [0.4, 0.5) is 5.82 Å². The third-order valence-electron chi connectivity index (χ3n) is 4.80. The molecule has 0 aliphatic carbocycles. The first-order valence-corrected chi connectivity index (χ1v) is 9.76. The molecule has 0 radical (unpaired) electrons. The van der Waals surface area contributed by atoms with Crippen LogP contribution in [-0.2, 0) is 0 Å². The number of hydrogen-bond donors (Lipinski definition) is 1. The highest BCUT2D eigenvalue weighted by Gasteiger charge is 2.12. The second-order valence-electron chi connectivity index (χ2n) is 6.96. The summed E-state index contributed by atoms with van der Waals surface area (Å²) in [7, 11) is 3.66. The van der Waals surface area contributed by atoms with Crippen LogP contribution in [0, 0.1) is 6.92 Å². The van der Waals surface area contributed by atoms with Crippen LogP contribution in [0.2, 0.25) is 0 Å². The van der Waals surface area contributed by atoms with Gasteiger partial charge in [0.15, 0.2) is 0 Å². The third kappa shape index (κ3) is 5.35. The van der Waals surface area contributed by atoms with Crippen molar-refractivity contribution in [2.75, 3.05) is 32.6 Å². The van der Waals surface area contributed by atoms with Gasteiger partial charge in [-0.25, -0.2) is 4.98 Å². The smallest absolute Gasteiger partial charge is 0.253 e. The molecule has 2 aromatic carbocycles. The Morgan fingerprint density at radius 1 is 1.07 bits per heavy atom. The van der Waals surface area contributed by atoms with Crippen LogP contribution in [0.25, 0.3) is 11.1 Å². The summed E-state index contributed by atoms with van der Waals surface area (Å²) >= 11 is 0. The summed E-state index contributed by atoms with van der Waals surface area (Å²) in [6, 6.07) is 19.5. The van der Waals surface area contributed by atoms with Gasteiger partial charge in [-0.2, -0.15) is 0 Å². The Morgan fingerprint density at radius 3 is 2.62 bits per heavy atom. The molecule has 0 fully saturated rings. The fraction of sp³-hybridized carbons (Fsp3) is 0.250. The average Bonchev–Trinajstić information content (AvgIpc) is 2.77. The van der Waals surface area contributed by atoms with Crippen molar-refractivity contribution in [1.82, 2.24) is 9.88 Å². The summed E-state index contributed by atoms with van der Waals surface area (Å²) in [6.45, 7) is 3.24. The second-order valence-corrected chi connectivity index (χ2v) is 6.96. The van der Waals surface area contributed by atoms with Crippen molar-refractivity contribution < 1.29 is 9.53 Å². The fourth-order valence-corrected chi connectivity index (χ4v) is 3.07. The first-order chi connectivity index (χ1) is 14.1. The minimum absolute atomic E-state index is 0.00236. The molecule has 150 valence electrons. The number of aryl methyl sites for hydroxylation is 1. The molecule has 0 atom stereocenters. The lowest BCUT2D eigenvalue weighted by Crippen LogP contribution is -2.28. The molecule has 3 rings (SSSR count). The zero-order valence-electron chi connectivity index (χ0n) is 17.2. The summed E-state index contributed by atoms with van der Waals surface area (Å²) in [6.07, 6.45) is 2.58.